The Morgan fingerprint density at radius 3 is 2.83 bits per heavy atom. The van der Waals surface area contributed by atoms with Crippen molar-refractivity contribution in [2.45, 2.75) is 37.5 Å². The van der Waals surface area contributed by atoms with Crippen molar-refractivity contribution in [3.05, 3.63) is 34.8 Å². The van der Waals surface area contributed by atoms with E-state index in [4.69, 9.17) is 15.5 Å². The van der Waals surface area contributed by atoms with E-state index in [-0.39, 0.29) is 11.8 Å². The number of nitrogens with zero attached hydrogens (tertiary/aromatic N) is 3. The van der Waals surface area contributed by atoms with Crippen LogP contribution in [0.15, 0.2) is 29.3 Å². The fourth-order valence-corrected chi connectivity index (χ4v) is 3.92. The molecule has 0 radical (unpaired) electrons. The Bertz CT molecular complexity index is 639. The van der Waals surface area contributed by atoms with Crippen molar-refractivity contribution in [2.24, 2.45) is 10.7 Å². The first kappa shape index (κ1) is 16.4. The Morgan fingerprint density at radius 1 is 1.35 bits per heavy atom. The zero-order valence-electron chi connectivity index (χ0n) is 14.2. The van der Waals surface area contributed by atoms with Crippen LogP contribution < -0.4 is 16.3 Å². The number of likely N-dealkylation sites (N-methyl/N-ethyl adjacent to an activating group) is 1. The summed E-state index contributed by atoms with van der Waals surface area (Å²) in [5.41, 5.74) is 6.50. The summed E-state index contributed by atoms with van der Waals surface area (Å²) in [6.45, 7) is 2.70. The molecule has 1 heterocycles. The number of para-hydroxylation sites is 1. The van der Waals surface area contributed by atoms with Crippen LogP contribution in [0.4, 0.5) is 0 Å². The summed E-state index contributed by atoms with van der Waals surface area (Å²) >= 11 is 0. The molecule has 2 aliphatic rings. The molecule has 2 N–H and O–H groups in total. The second kappa shape index (κ2) is 6.99. The molecule has 1 aliphatic heterocycles. The largest absolute Gasteiger partial charge is 0.383 e. The van der Waals surface area contributed by atoms with E-state index in [1.807, 2.05) is 12.1 Å². The van der Waals surface area contributed by atoms with Crippen molar-refractivity contribution in [1.82, 2.24) is 9.80 Å². The van der Waals surface area contributed by atoms with Crippen LogP contribution >= 0.6 is 0 Å². The van der Waals surface area contributed by atoms with Crippen molar-refractivity contribution in [3.8, 4) is 0 Å². The van der Waals surface area contributed by atoms with Crippen molar-refractivity contribution < 1.29 is 4.74 Å². The fourth-order valence-electron chi connectivity index (χ4n) is 3.92. The van der Waals surface area contributed by atoms with Gasteiger partial charge in [-0.2, -0.15) is 0 Å². The van der Waals surface area contributed by atoms with Gasteiger partial charge in [-0.1, -0.05) is 31.0 Å². The van der Waals surface area contributed by atoms with E-state index in [2.05, 4.69) is 35.2 Å². The van der Waals surface area contributed by atoms with Gasteiger partial charge in [0, 0.05) is 31.6 Å². The summed E-state index contributed by atoms with van der Waals surface area (Å²) in [5.74, 6) is 0. The van der Waals surface area contributed by atoms with Crippen molar-refractivity contribution >= 4 is 6.20 Å². The Kier molecular flexibility index (Phi) is 4.99. The molecule has 0 bridgehead atoms. The Labute approximate surface area is 138 Å². The quantitative estimate of drug-likeness (QED) is 0.830. The summed E-state index contributed by atoms with van der Waals surface area (Å²) in [7, 11) is 3.92. The van der Waals surface area contributed by atoms with Crippen LogP contribution in [-0.2, 0) is 4.74 Å². The predicted molar refractivity (Wildman–Crippen MR) is 92.1 cm³/mol. The smallest absolute Gasteiger partial charge is 0.174 e. The third-order valence-corrected chi connectivity index (χ3v) is 5.09. The lowest BCUT2D eigenvalue weighted by molar-refractivity contribution is 0.0702. The van der Waals surface area contributed by atoms with Crippen molar-refractivity contribution in [2.75, 3.05) is 33.9 Å². The zero-order chi connectivity index (χ0) is 16.3. The van der Waals surface area contributed by atoms with Crippen LogP contribution in [0.25, 0.3) is 6.20 Å². The van der Waals surface area contributed by atoms with Crippen LogP contribution in [-0.4, -0.2) is 55.5 Å². The molecule has 5 heteroatoms. The third-order valence-electron chi connectivity index (χ3n) is 5.09. The van der Waals surface area contributed by atoms with Gasteiger partial charge in [0.15, 0.2) is 6.29 Å². The first-order chi connectivity index (χ1) is 11.1. The van der Waals surface area contributed by atoms with Gasteiger partial charge in [0.05, 0.1) is 17.5 Å². The summed E-state index contributed by atoms with van der Waals surface area (Å²) < 4.78 is 5.22. The van der Waals surface area contributed by atoms with E-state index in [0.717, 1.165) is 25.1 Å². The van der Waals surface area contributed by atoms with Gasteiger partial charge in [0.25, 0.3) is 0 Å². The van der Waals surface area contributed by atoms with E-state index in [0.29, 0.717) is 0 Å². The maximum absolute atomic E-state index is 6.42. The molecular formula is C18H28N4O. The van der Waals surface area contributed by atoms with Gasteiger partial charge >= 0.3 is 0 Å². The highest BCUT2D eigenvalue weighted by Gasteiger charge is 2.41. The zero-order valence-corrected chi connectivity index (χ0v) is 14.2. The Hall–Kier alpha value is -1.43. The highest BCUT2D eigenvalue weighted by molar-refractivity contribution is 5.28. The van der Waals surface area contributed by atoms with Gasteiger partial charge in [-0.3, -0.25) is 5.73 Å². The maximum atomic E-state index is 6.42. The number of nitrogens with two attached hydrogens (primary N) is 1. The van der Waals surface area contributed by atoms with Gasteiger partial charge in [-0.05, 0) is 26.0 Å². The highest BCUT2D eigenvalue weighted by Crippen LogP contribution is 2.37. The molecule has 1 unspecified atom stereocenters. The van der Waals surface area contributed by atoms with Crippen LogP contribution in [0.2, 0.25) is 0 Å². The number of fused-ring (bicyclic) bond motifs is 1. The molecule has 1 aliphatic carbocycles. The highest BCUT2D eigenvalue weighted by atomic mass is 16.5. The van der Waals surface area contributed by atoms with Crippen LogP contribution in [0, 0.1) is 0 Å². The summed E-state index contributed by atoms with van der Waals surface area (Å²) in [4.78, 5) is 9.38. The predicted octanol–water partition coefficient (Wildman–Crippen LogP) is 0.493. The van der Waals surface area contributed by atoms with Crippen molar-refractivity contribution in [3.63, 3.8) is 0 Å². The topological polar surface area (TPSA) is 54.1 Å². The van der Waals surface area contributed by atoms with Crippen LogP contribution in [0.1, 0.15) is 25.7 Å². The monoisotopic (exact) mass is 316 g/mol. The second-order valence-electron chi connectivity index (χ2n) is 6.80. The SMILES string of the molecule is COCCN(C)CC1(N2C=c3ccccc3=NC2N)CCCC1. The van der Waals surface area contributed by atoms with Gasteiger partial charge < -0.3 is 14.5 Å². The first-order valence-electron chi connectivity index (χ1n) is 8.51. The average molecular weight is 316 g/mol. The molecule has 0 amide bonds. The third kappa shape index (κ3) is 3.42. The summed E-state index contributed by atoms with van der Waals surface area (Å²) in [5, 5.41) is 2.16. The molecule has 1 atom stereocenters. The van der Waals surface area contributed by atoms with Gasteiger partial charge in [-0.25, -0.2) is 4.99 Å². The molecule has 23 heavy (non-hydrogen) atoms. The molecule has 1 aromatic carbocycles. The minimum atomic E-state index is -0.293. The number of hydrogen-bond acceptors (Lipinski definition) is 5. The normalized spacial score (nSPS) is 22.6. The standard InChI is InChI=1S/C18H28N4O/c1-21(11-12-23-2)14-18(9-5-6-10-18)22-13-15-7-3-4-8-16(15)20-17(22)19/h3-4,7-8,13,17H,5-6,9-12,14,19H2,1-2H3. The molecule has 1 saturated carbocycles. The number of ether oxygens (including phenoxy) is 1. The molecule has 5 nitrogen and oxygen atoms in total. The van der Waals surface area contributed by atoms with E-state index in [9.17, 15) is 0 Å². The van der Waals surface area contributed by atoms with Gasteiger partial charge in [-0.15, -0.1) is 0 Å². The lowest BCUT2D eigenvalue weighted by atomic mass is 9.94. The molecule has 0 saturated heterocycles. The summed E-state index contributed by atoms with van der Waals surface area (Å²) in [6.07, 6.45) is 6.80. The molecule has 1 aromatic rings. The van der Waals surface area contributed by atoms with Crippen LogP contribution in [0.3, 0.4) is 0 Å². The number of methoxy groups -OCH3 is 1. The number of benzene rings is 1. The van der Waals surface area contributed by atoms with E-state index < -0.39 is 0 Å². The molecule has 1 fully saturated rings. The van der Waals surface area contributed by atoms with E-state index in [1.165, 1.54) is 30.9 Å². The molecule has 3 rings (SSSR count). The van der Waals surface area contributed by atoms with E-state index in [1.54, 1.807) is 7.11 Å². The van der Waals surface area contributed by atoms with Crippen LogP contribution in [0.5, 0.6) is 0 Å². The molecule has 0 aromatic heterocycles. The van der Waals surface area contributed by atoms with Crippen molar-refractivity contribution in [1.29, 1.82) is 0 Å². The lowest BCUT2D eigenvalue weighted by Gasteiger charge is -2.45. The number of hydrogen-bond donors (Lipinski definition) is 1. The number of rotatable bonds is 6. The Morgan fingerprint density at radius 2 is 2.09 bits per heavy atom. The second-order valence-corrected chi connectivity index (χ2v) is 6.80. The van der Waals surface area contributed by atoms with Gasteiger partial charge in [0.2, 0.25) is 0 Å². The lowest BCUT2D eigenvalue weighted by Crippen LogP contribution is -2.60. The summed E-state index contributed by atoms with van der Waals surface area (Å²) in [6, 6.07) is 8.23. The maximum Gasteiger partial charge on any atom is 0.174 e. The van der Waals surface area contributed by atoms with E-state index >= 15 is 0 Å². The minimum Gasteiger partial charge on any atom is -0.383 e. The van der Waals surface area contributed by atoms with Gasteiger partial charge in [0.1, 0.15) is 0 Å². The minimum absolute atomic E-state index is 0.0823. The molecular weight excluding hydrogens is 288 g/mol. The average Bonchev–Trinajstić information content (AvgIpc) is 3.01. The fraction of sp³-hybridized carbons (Fsp3) is 0.611. The molecule has 126 valence electrons. The molecule has 0 spiro atoms. The Balaban J connectivity index is 1.88. The first-order valence-corrected chi connectivity index (χ1v) is 8.51.